The summed E-state index contributed by atoms with van der Waals surface area (Å²) in [6, 6.07) is 10.8. The maximum atomic E-state index is 13.6. The van der Waals surface area contributed by atoms with Crippen LogP contribution in [0.5, 0.6) is 0 Å². The molecule has 2 aromatic rings. The third-order valence-electron chi connectivity index (χ3n) is 6.91. The molecule has 5 nitrogen and oxygen atoms in total. The zero-order valence-corrected chi connectivity index (χ0v) is 17.8. The standard InChI is InChI=1S/C22H25ClN2O3S/c23-12-22(26)24-21-3-1-2-17-11-19(4-5-20(17)21)29(27,28)25-13-16-7-14-6-15(8-16)10-18(25)9-14/h1-5,11,14-16,18H,6-10,12-13H2,(H,24,26). The summed E-state index contributed by atoms with van der Waals surface area (Å²) < 4.78 is 29.0. The zero-order chi connectivity index (χ0) is 20.2. The minimum absolute atomic E-state index is 0.123. The van der Waals surface area contributed by atoms with E-state index < -0.39 is 10.0 Å². The summed E-state index contributed by atoms with van der Waals surface area (Å²) in [6.45, 7) is 0.657. The number of hydrogen-bond acceptors (Lipinski definition) is 3. The number of anilines is 1. The van der Waals surface area contributed by atoms with Gasteiger partial charge in [-0.05, 0) is 73.4 Å². The van der Waals surface area contributed by atoms with E-state index in [9.17, 15) is 13.2 Å². The van der Waals surface area contributed by atoms with Crippen LogP contribution in [0.1, 0.15) is 32.1 Å². The van der Waals surface area contributed by atoms with Gasteiger partial charge in [0.05, 0.1) is 4.90 Å². The van der Waals surface area contributed by atoms with Crippen molar-refractivity contribution in [2.75, 3.05) is 17.7 Å². The number of halogens is 1. The minimum atomic E-state index is -3.55. The molecule has 2 atom stereocenters. The summed E-state index contributed by atoms with van der Waals surface area (Å²) >= 11 is 5.60. The van der Waals surface area contributed by atoms with Crippen LogP contribution in [-0.4, -0.2) is 37.1 Å². The lowest BCUT2D eigenvalue weighted by atomic mass is 9.68. The van der Waals surface area contributed by atoms with Gasteiger partial charge in [0.25, 0.3) is 0 Å². The molecule has 1 N–H and O–H groups in total. The van der Waals surface area contributed by atoms with E-state index in [1.54, 1.807) is 28.6 Å². The van der Waals surface area contributed by atoms with E-state index in [4.69, 9.17) is 11.6 Å². The van der Waals surface area contributed by atoms with Gasteiger partial charge in [-0.3, -0.25) is 4.79 Å². The van der Waals surface area contributed by atoms with Crippen molar-refractivity contribution in [3.63, 3.8) is 0 Å². The number of carbonyl (C=O) groups is 1. The van der Waals surface area contributed by atoms with Crippen LogP contribution in [0.4, 0.5) is 5.69 Å². The Kier molecular flexibility index (Phi) is 4.84. The number of benzene rings is 2. The largest absolute Gasteiger partial charge is 0.324 e. The van der Waals surface area contributed by atoms with Crippen molar-refractivity contribution in [3.8, 4) is 0 Å². The molecule has 2 saturated heterocycles. The van der Waals surface area contributed by atoms with Gasteiger partial charge in [-0.15, -0.1) is 11.6 Å². The van der Waals surface area contributed by atoms with Crippen molar-refractivity contribution in [1.82, 2.24) is 4.31 Å². The Balaban J connectivity index is 1.50. The summed E-state index contributed by atoms with van der Waals surface area (Å²) in [6.07, 6.45) is 5.66. The molecule has 4 bridgehead atoms. The van der Waals surface area contributed by atoms with Crippen molar-refractivity contribution in [2.24, 2.45) is 17.8 Å². The van der Waals surface area contributed by atoms with Crippen LogP contribution in [0, 0.1) is 17.8 Å². The Morgan fingerprint density at radius 2 is 1.76 bits per heavy atom. The first-order valence-electron chi connectivity index (χ1n) is 10.3. The topological polar surface area (TPSA) is 66.5 Å². The number of sulfonamides is 1. The van der Waals surface area contributed by atoms with E-state index in [0.29, 0.717) is 34.9 Å². The van der Waals surface area contributed by atoms with Gasteiger partial charge in [0.1, 0.15) is 5.88 Å². The molecule has 2 aliphatic carbocycles. The average Bonchev–Trinajstić information content (AvgIpc) is 2.91. The molecule has 7 heteroatoms. The highest BCUT2D eigenvalue weighted by atomic mass is 35.5. The predicted octanol–water partition coefficient (Wildman–Crippen LogP) is 4.22. The van der Waals surface area contributed by atoms with Gasteiger partial charge in [0.15, 0.2) is 0 Å². The smallest absolute Gasteiger partial charge is 0.243 e. The van der Waals surface area contributed by atoms with E-state index in [2.05, 4.69) is 5.32 Å². The molecule has 1 amide bonds. The Bertz CT molecular complexity index is 1060. The lowest BCUT2D eigenvalue weighted by Crippen LogP contribution is -2.42. The highest BCUT2D eigenvalue weighted by Crippen LogP contribution is 2.48. The van der Waals surface area contributed by atoms with Gasteiger partial charge in [0, 0.05) is 23.7 Å². The first-order chi connectivity index (χ1) is 13.9. The van der Waals surface area contributed by atoms with Gasteiger partial charge in [-0.25, -0.2) is 8.42 Å². The van der Waals surface area contributed by atoms with E-state index in [0.717, 1.165) is 23.6 Å². The molecule has 0 radical (unpaired) electrons. The molecule has 2 saturated carbocycles. The van der Waals surface area contributed by atoms with Crippen molar-refractivity contribution in [3.05, 3.63) is 36.4 Å². The number of rotatable bonds is 4. The molecule has 0 spiro atoms. The molecular weight excluding hydrogens is 408 g/mol. The van der Waals surface area contributed by atoms with Crippen molar-refractivity contribution < 1.29 is 13.2 Å². The third-order valence-corrected chi connectivity index (χ3v) is 9.07. The minimum Gasteiger partial charge on any atom is -0.324 e. The van der Waals surface area contributed by atoms with Gasteiger partial charge < -0.3 is 5.32 Å². The molecule has 2 aliphatic heterocycles. The van der Waals surface area contributed by atoms with E-state index >= 15 is 0 Å². The first kappa shape index (κ1) is 19.3. The second-order valence-electron chi connectivity index (χ2n) is 8.88. The van der Waals surface area contributed by atoms with Crippen LogP contribution in [0.3, 0.4) is 0 Å². The van der Waals surface area contributed by atoms with Crippen molar-refractivity contribution >= 4 is 44.0 Å². The maximum absolute atomic E-state index is 13.6. The lowest BCUT2D eigenvalue weighted by Gasteiger charge is -2.38. The summed E-state index contributed by atoms with van der Waals surface area (Å²) in [5.74, 6) is 1.48. The number of amides is 1. The van der Waals surface area contributed by atoms with Gasteiger partial charge >= 0.3 is 0 Å². The number of hydrogen-bond donors (Lipinski definition) is 1. The number of carbonyl (C=O) groups excluding carboxylic acids is 1. The van der Waals surface area contributed by atoms with Gasteiger partial charge in [0.2, 0.25) is 15.9 Å². The van der Waals surface area contributed by atoms with Gasteiger partial charge in [-0.1, -0.05) is 18.2 Å². The van der Waals surface area contributed by atoms with Crippen LogP contribution in [0.25, 0.3) is 10.8 Å². The summed E-state index contributed by atoms with van der Waals surface area (Å²) in [7, 11) is -3.55. The monoisotopic (exact) mass is 432 g/mol. The molecule has 4 fully saturated rings. The fraction of sp³-hybridized carbons (Fsp3) is 0.500. The average molecular weight is 433 g/mol. The maximum Gasteiger partial charge on any atom is 0.243 e. The third kappa shape index (κ3) is 3.45. The Morgan fingerprint density at radius 1 is 1.03 bits per heavy atom. The lowest BCUT2D eigenvalue weighted by molar-refractivity contribution is -0.113. The van der Waals surface area contributed by atoms with E-state index in [1.165, 1.54) is 19.3 Å². The van der Waals surface area contributed by atoms with Crippen LogP contribution >= 0.6 is 11.6 Å². The second kappa shape index (κ2) is 7.25. The van der Waals surface area contributed by atoms with E-state index in [1.807, 2.05) is 12.1 Å². The molecular formula is C22H25ClN2O3S. The highest BCUT2D eigenvalue weighted by molar-refractivity contribution is 7.89. The normalized spacial score (nSPS) is 29.1. The molecule has 2 aromatic carbocycles. The van der Waals surface area contributed by atoms with Crippen molar-refractivity contribution in [2.45, 2.75) is 43.0 Å². The van der Waals surface area contributed by atoms with Crippen molar-refractivity contribution in [1.29, 1.82) is 0 Å². The second-order valence-corrected chi connectivity index (χ2v) is 11.0. The van der Waals surface area contributed by atoms with E-state index in [-0.39, 0.29) is 17.8 Å². The number of nitrogens with one attached hydrogen (secondary N) is 1. The number of fused-ring (bicyclic) bond motifs is 2. The van der Waals surface area contributed by atoms with Crippen LogP contribution in [-0.2, 0) is 14.8 Å². The Morgan fingerprint density at radius 3 is 2.48 bits per heavy atom. The molecule has 2 heterocycles. The summed E-state index contributed by atoms with van der Waals surface area (Å²) in [5.41, 5.74) is 0.641. The fourth-order valence-electron chi connectivity index (χ4n) is 5.89. The fourth-order valence-corrected chi connectivity index (χ4v) is 7.71. The SMILES string of the molecule is O=C(CCl)Nc1cccc2cc(S(=O)(=O)N3CC4CC5CC(C4)CC3C5)ccc12. The summed E-state index contributed by atoms with van der Waals surface area (Å²) in [5, 5.41) is 4.37. The Hall–Kier alpha value is -1.63. The van der Waals surface area contributed by atoms with Gasteiger partial charge in [-0.2, -0.15) is 4.31 Å². The quantitative estimate of drug-likeness (QED) is 0.735. The number of nitrogens with zero attached hydrogens (tertiary/aromatic N) is 1. The molecule has 0 aromatic heterocycles. The molecule has 2 unspecified atom stereocenters. The zero-order valence-electron chi connectivity index (χ0n) is 16.2. The molecule has 4 aliphatic rings. The first-order valence-corrected chi connectivity index (χ1v) is 12.3. The molecule has 154 valence electrons. The highest BCUT2D eigenvalue weighted by Gasteiger charge is 2.46. The number of alkyl halides is 1. The van der Waals surface area contributed by atoms with Crippen LogP contribution < -0.4 is 5.32 Å². The summed E-state index contributed by atoms with van der Waals surface area (Å²) in [4.78, 5) is 12.0. The van der Waals surface area contributed by atoms with Crippen LogP contribution in [0.15, 0.2) is 41.3 Å². The molecule has 6 rings (SSSR count). The Labute approximate surface area is 176 Å². The predicted molar refractivity (Wildman–Crippen MR) is 115 cm³/mol. The molecule has 29 heavy (non-hydrogen) atoms. The van der Waals surface area contributed by atoms with Crippen LogP contribution in [0.2, 0.25) is 0 Å².